The van der Waals surface area contributed by atoms with Crippen LogP contribution >= 0.6 is 0 Å². The van der Waals surface area contributed by atoms with E-state index in [-0.39, 0.29) is 18.9 Å². The van der Waals surface area contributed by atoms with Crippen molar-refractivity contribution in [2.24, 2.45) is 0 Å². The van der Waals surface area contributed by atoms with Gasteiger partial charge < -0.3 is 14.2 Å². The lowest BCUT2D eigenvalue weighted by molar-refractivity contribution is -0.148. The van der Waals surface area contributed by atoms with Crippen LogP contribution in [0, 0.1) is 0 Å². The second-order valence-corrected chi connectivity index (χ2v) is 3.13. The van der Waals surface area contributed by atoms with Crippen LogP contribution in [0.25, 0.3) is 0 Å². The molecule has 0 radical (unpaired) electrons. The number of rotatable bonds is 3. The monoisotopic (exact) mass is 200 g/mol. The van der Waals surface area contributed by atoms with E-state index in [0.717, 1.165) is 12.8 Å². The molecule has 0 spiro atoms. The maximum Gasteiger partial charge on any atom is 0.308 e. The fraction of sp³-hybridized carbons (Fsp3) is 0.700. The Morgan fingerprint density at radius 2 is 2.43 bits per heavy atom. The number of hydrogen-bond donors (Lipinski definition) is 0. The van der Waals surface area contributed by atoms with Gasteiger partial charge in [-0.2, -0.15) is 0 Å². The van der Waals surface area contributed by atoms with Crippen molar-refractivity contribution in [2.75, 3.05) is 20.5 Å². The van der Waals surface area contributed by atoms with E-state index in [1.165, 1.54) is 0 Å². The van der Waals surface area contributed by atoms with Gasteiger partial charge >= 0.3 is 5.97 Å². The summed E-state index contributed by atoms with van der Waals surface area (Å²) in [6, 6.07) is 0. The lowest BCUT2D eigenvalue weighted by Gasteiger charge is -2.14. The minimum absolute atomic E-state index is 0.0924. The Balaban J connectivity index is 2.38. The predicted octanol–water partition coefficient (Wildman–Crippen LogP) is 1.26. The predicted molar refractivity (Wildman–Crippen MR) is 50.7 cm³/mol. The standard InChI is InChI=1S/C10H16O4/c1-12-8-14-9-5-3-2-4-6-13-10(11)7-9/h2,4,9H,3,5-8H2,1H3/b4-2-. The number of hydrogen-bond acceptors (Lipinski definition) is 4. The molecule has 0 fully saturated rings. The van der Waals surface area contributed by atoms with Gasteiger partial charge in [0.15, 0.2) is 0 Å². The molecule has 1 unspecified atom stereocenters. The zero-order chi connectivity index (χ0) is 10.2. The van der Waals surface area contributed by atoms with Crippen LogP contribution in [0.15, 0.2) is 12.2 Å². The minimum atomic E-state index is -0.211. The van der Waals surface area contributed by atoms with Crippen molar-refractivity contribution in [1.82, 2.24) is 0 Å². The smallest absolute Gasteiger partial charge is 0.308 e. The lowest BCUT2D eigenvalue weighted by Crippen LogP contribution is -2.20. The topological polar surface area (TPSA) is 44.8 Å². The van der Waals surface area contributed by atoms with E-state index in [2.05, 4.69) is 0 Å². The SMILES string of the molecule is COCOC1CC/C=C\COC(=O)C1. The summed E-state index contributed by atoms with van der Waals surface area (Å²) in [5, 5.41) is 0. The summed E-state index contributed by atoms with van der Waals surface area (Å²) >= 11 is 0. The maximum absolute atomic E-state index is 11.2. The lowest BCUT2D eigenvalue weighted by atomic mass is 10.1. The molecule has 80 valence electrons. The third-order valence-electron chi connectivity index (χ3n) is 1.98. The van der Waals surface area contributed by atoms with Crippen molar-refractivity contribution in [1.29, 1.82) is 0 Å². The first kappa shape index (κ1) is 11.2. The Bertz CT molecular complexity index is 200. The number of allylic oxidation sites excluding steroid dienone is 1. The molecule has 0 aromatic carbocycles. The molecule has 0 aromatic heterocycles. The molecule has 1 aliphatic rings. The molecule has 0 bridgehead atoms. The van der Waals surface area contributed by atoms with Crippen LogP contribution in [0.2, 0.25) is 0 Å². The molecule has 0 amide bonds. The first-order chi connectivity index (χ1) is 6.83. The van der Waals surface area contributed by atoms with Crippen molar-refractivity contribution >= 4 is 5.97 Å². The molecule has 1 heterocycles. The Hall–Kier alpha value is -0.870. The van der Waals surface area contributed by atoms with Gasteiger partial charge in [0.2, 0.25) is 0 Å². The van der Waals surface area contributed by atoms with Crippen LogP contribution in [0.4, 0.5) is 0 Å². The van der Waals surface area contributed by atoms with E-state index in [0.29, 0.717) is 13.0 Å². The molecule has 0 N–H and O–H groups in total. The number of methoxy groups -OCH3 is 1. The molecule has 4 nitrogen and oxygen atoms in total. The van der Waals surface area contributed by atoms with Gasteiger partial charge in [-0.15, -0.1) is 0 Å². The molecule has 0 saturated carbocycles. The second-order valence-electron chi connectivity index (χ2n) is 3.13. The molecule has 0 saturated heterocycles. The number of carbonyl (C=O) groups excluding carboxylic acids is 1. The van der Waals surface area contributed by atoms with E-state index in [9.17, 15) is 4.79 Å². The van der Waals surface area contributed by atoms with Gasteiger partial charge in [-0.1, -0.05) is 12.2 Å². The number of carbonyl (C=O) groups is 1. The molecule has 0 aromatic rings. The van der Waals surface area contributed by atoms with Gasteiger partial charge in [0, 0.05) is 7.11 Å². The van der Waals surface area contributed by atoms with Crippen LogP contribution < -0.4 is 0 Å². The first-order valence-corrected chi connectivity index (χ1v) is 4.74. The van der Waals surface area contributed by atoms with Crippen molar-refractivity contribution in [3.63, 3.8) is 0 Å². The third kappa shape index (κ3) is 4.39. The number of cyclic esters (lactones) is 1. The Morgan fingerprint density at radius 3 is 3.21 bits per heavy atom. The minimum Gasteiger partial charge on any atom is -0.461 e. The zero-order valence-corrected chi connectivity index (χ0v) is 8.40. The zero-order valence-electron chi connectivity index (χ0n) is 8.40. The van der Waals surface area contributed by atoms with Gasteiger partial charge in [0.25, 0.3) is 0 Å². The van der Waals surface area contributed by atoms with Crippen molar-refractivity contribution in [3.05, 3.63) is 12.2 Å². The summed E-state index contributed by atoms with van der Waals surface area (Å²) in [4.78, 5) is 11.2. The van der Waals surface area contributed by atoms with E-state index in [4.69, 9.17) is 14.2 Å². The molecule has 1 atom stereocenters. The number of esters is 1. The molecular formula is C10H16O4. The summed E-state index contributed by atoms with van der Waals surface area (Å²) in [5.41, 5.74) is 0. The second kappa shape index (κ2) is 6.56. The first-order valence-electron chi connectivity index (χ1n) is 4.74. The molecule has 14 heavy (non-hydrogen) atoms. The fourth-order valence-electron chi connectivity index (χ4n) is 1.26. The number of ether oxygens (including phenoxy) is 3. The summed E-state index contributed by atoms with van der Waals surface area (Å²) in [6.07, 6.45) is 5.81. The van der Waals surface area contributed by atoms with Crippen molar-refractivity contribution in [2.45, 2.75) is 25.4 Å². The molecule has 4 heteroatoms. The van der Waals surface area contributed by atoms with Crippen LogP contribution in [0.1, 0.15) is 19.3 Å². The third-order valence-corrected chi connectivity index (χ3v) is 1.98. The normalized spacial score (nSPS) is 25.8. The van der Waals surface area contributed by atoms with Crippen LogP contribution in [0.3, 0.4) is 0 Å². The van der Waals surface area contributed by atoms with E-state index >= 15 is 0 Å². The highest BCUT2D eigenvalue weighted by Crippen LogP contribution is 2.10. The Kier molecular flexibility index (Phi) is 5.25. The van der Waals surface area contributed by atoms with E-state index in [1.807, 2.05) is 12.2 Å². The Morgan fingerprint density at radius 1 is 1.57 bits per heavy atom. The highest BCUT2D eigenvalue weighted by molar-refractivity contribution is 5.70. The summed E-state index contributed by atoms with van der Waals surface area (Å²) < 4.78 is 15.1. The maximum atomic E-state index is 11.2. The van der Waals surface area contributed by atoms with Crippen LogP contribution in [-0.2, 0) is 19.0 Å². The Labute approximate surface area is 83.8 Å². The highest BCUT2D eigenvalue weighted by Gasteiger charge is 2.15. The van der Waals surface area contributed by atoms with Gasteiger partial charge in [-0.25, -0.2) is 0 Å². The largest absolute Gasteiger partial charge is 0.461 e. The van der Waals surface area contributed by atoms with Gasteiger partial charge in [0.05, 0.1) is 12.5 Å². The molecule has 0 aliphatic carbocycles. The summed E-state index contributed by atoms with van der Waals surface area (Å²) in [5.74, 6) is -0.211. The average Bonchev–Trinajstić information content (AvgIpc) is 2.27. The summed E-state index contributed by atoms with van der Waals surface area (Å²) in [7, 11) is 1.56. The van der Waals surface area contributed by atoms with Gasteiger partial charge in [0.1, 0.15) is 13.4 Å². The van der Waals surface area contributed by atoms with Crippen molar-refractivity contribution in [3.8, 4) is 0 Å². The highest BCUT2D eigenvalue weighted by atomic mass is 16.7. The van der Waals surface area contributed by atoms with E-state index < -0.39 is 0 Å². The fourth-order valence-corrected chi connectivity index (χ4v) is 1.26. The van der Waals surface area contributed by atoms with Crippen LogP contribution in [-0.4, -0.2) is 32.6 Å². The molecule has 1 rings (SSSR count). The summed E-state index contributed by atoms with van der Waals surface area (Å²) in [6.45, 7) is 0.595. The quantitative estimate of drug-likeness (QED) is 0.391. The van der Waals surface area contributed by atoms with E-state index in [1.54, 1.807) is 7.11 Å². The molecular weight excluding hydrogens is 184 g/mol. The van der Waals surface area contributed by atoms with Gasteiger partial charge in [-0.05, 0) is 12.8 Å². The van der Waals surface area contributed by atoms with Gasteiger partial charge in [-0.3, -0.25) is 4.79 Å². The van der Waals surface area contributed by atoms with Crippen LogP contribution in [0.5, 0.6) is 0 Å². The molecule has 1 aliphatic heterocycles. The average molecular weight is 200 g/mol. The van der Waals surface area contributed by atoms with Crippen molar-refractivity contribution < 1.29 is 19.0 Å².